The van der Waals surface area contributed by atoms with E-state index < -0.39 is 9.84 Å². The standard InChI is InChI=1S/C24H21ClN2O2S2/c1-17-11-13-19(14-12-17)16-30-24(27-22-10-6-9-21(25)18(22)2)23(15-26)31(28,29)20-7-4-3-5-8-20/h3-14,27H,16H2,1-2H3. The Morgan fingerprint density at radius 2 is 1.68 bits per heavy atom. The number of aryl methyl sites for hydroxylation is 1. The molecule has 0 unspecified atom stereocenters. The topological polar surface area (TPSA) is 70.0 Å². The first kappa shape index (κ1) is 23.0. The van der Waals surface area contributed by atoms with Gasteiger partial charge in [-0.2, -0.15) is 5.26 Å². The van der Waals surface area contributed by atoms with E-state index in [2.05, 4.69) is 5.32 Å². The molecule has 1 N–H and O–H groups in total. The lowest BCUT2D eigenvalue weighted by Gasteiger charge is -2.16. The lowest BCUT2D eigenvalue weighted by Crippen LogP contribution is -2.11. The van der Waals surface area contributed by atoms with Gasteiger partial charge in [0, 0.05) is 16.5 Å². The lowest BCUT2D eigenvalue weighted by molar-refractivity contribution is 0.603. The minimum Gasteiger partial charge on any atom is -0.348 e. The average molecular weight is 469 g/mol. The van der Waals surface area contributed by atoms with E-state index >= 15 is 0 Å². The highest BCUT2D eigenvalue weighted by atomic mass is 35.5. The van der Waals surface area contributed by atoms with Gasteiger partial charge in [-0.25, -0.2) is 8.42 Å². The number of hydrogen-bond acceptors (Lipinski definition) is 5. The maximum Gasteiger partial charge on any atom is 0.219 e. The summed E-state index contributed by atoms with van der Waals surface area (Å²) < 4.78 is 26.5. The van der Waals surface area contributed by atoms with Crippen LogP contribution in [0.5, 0.6) is 0 Å². The van der Waals surface area contributed by atoms with E-state index in [-0.39, 0.29) is 14.8 Å². The van der Waals surface area contributed by atoms with Crippen LogP contribution in [0.25, 0.3) is 0 Å². The molecular weight excluding hydrogens is 448 g/mol. The monoisotopic (exact) mass is 468 g/mol. The molecule has 3 aromatic carbocycles. The Bertz CT molecular complexity index is 1250. The highest BCUT2D eigenvalue weighted by molar-refractivity contribution is 8.04. The van der Waals surface area contributed by atoms with Crippen molar-refractivity contribution in [3.05, 3.63) is 104 Å². The minimum absolute atomic E-state index is 0.0737. The molecule has 4 nitrogen and oxygen atoms in total. The van der Waals surface area contributed by atoms with E-state index in [0.717, 1.165) is 16.7 Å². The van der Waals surface area contributed by atoms with Gasteiger partial charge >= 0.3 is 0 Å². The maximum absolute atomic E-state index is 13.2. The number of nitrogens with zero attached hydrogens (tertiary/aromatic N) is 1. The van der Waals surface area contributed by atoms with Crippen molar-refractivity contribution in [3.63, 3.8) is 0 Å². The van der Waals surface area contributed by atoms with Crippen LogP contribution in [0.4, 0.5) is 5.69 Å². The number of benzene rings is 3. The maximum atomic E-state index is 13.2. The average Bonchev–Trinajstić information content (AvgIpc) is 2.77. The van der Waals surface area contributed by atoms with Crippen molar-refractivity contribution in [2.75, 3.05) is 5.32 Å². The molecule has 0 saturated carbocycles. The van der Waals surface area contributed by atoms with Crippen molar-refractivity contribution in [1.29, 1.82) is 5.26 Å². The summed E-state index contributed by atoms with van der Waals surface area (Å²) in [5, 5.41) is 13.8. The summed E-state index contributed by atoms with van der Waals surface area (Å²) in [5.41, 5.74) is 3.58. The fraction of sp³-hybridized carbons (Fsp3) is 0.125. The minimum atomic E-state index is -4.00. The van der Waals surface area contributed by atoms with Gasteiger partial charge < -0.3 is 5.32 Å². The number of nitriles is 1. The normalized spacial score (nSPS) is 12.1. The Labute approximate surface area is 192 Å². The van der Waals surface area contributed by atoms with Crippen LogP contribution in [-0.2, 0) is 15.6 Å². The van der Waals surface area contributed by atoms with Gasteiger partial charge in [0.25, 0.3) is 0 Å². The number of hydrogen-bond donors (Lipinski definition) is 1. The van der Waals surface area contributed by atoms with Crippen LogP contribution in [0.1, 0.15) is 16.7 Å². The Balaban J connectivity index is 2.07. The molecule has 0 aliphatic carbocycles. The van der Waals surface area contributed by atoms with Crippen LogP contribution in [0.15, 0.2) is 87.6 Å². The number of anilines is 1. The van der Waals surface area contributed by atoms with E-state index in [1.807, 2.05) is 44.2 Å². The first-order valence-electron chi connectivity index (χ1n) is 9.48. The Morgan fingerprint density at radius 1 is 1.00 bits per heavy atom. The lowest BCUT2D eigenvalue weighted by atomic mass is 10.2. The molecule has 7 heteroatoms. The number of nitrogens with one attached hydrogen (secondary N) is 1. The molecule has 0 aliphatic rings. The molecule has 3 aromatic rings. The molecular formula is C24H21ClN2O2S2. The van der Waals surface area contributed by atoms with Crippen molar-refractivity contribution >= 4 is 38.9 Å². The van der Waals surface area contributed by atoms with Crippen molar-refractivity contribution in [2.24, 2.45) is 0 Å². The number of thioether (sulfide) groups is 1. The molecule has 0 saturated heterocycles. The largest absolute Gasteiger partial charge is 0.348 e. The zero-order valence-corrected chi connectivity index (χ0v) is 19.5. The van der Waals surface area contributed by atoms with Crippen molar-refractivity contribution in [3.8, 4) is 6.07 Å². The second-order valence-corrected chi connectivity index (χ2v) is 10.2. The van der Waals surface area contributed by atoms with Gasteiger partial charge in [-0.15, -0.1) is 11.8 Å². The predicted octanol–water partition coefficient (Wildman–Crippen LogP) is 6.47. The van der Waals surface area contributed by atoms with Gasteiger partial charge in [0.05, 0.1) is 4.90 Å². The van der Waals surface area contributed by atoms with E-state index in [9.17, 15) is 13.7 Å². The highest BCUT2D eigenvalue weighted by Gasteiger charge is 2.26. The van der Waals surface area contributed by atoms with E-state index in [4.69, 9.17) is 11.6 Å². The predicted molar refractivity (Wildman–Crippen MR) is 129 cm³/mol. The van der Waals surface area contributed by atoms with Crippen LogP contribution >= 0.6 is 23.4 Å². The SMILES string of the molecule is Cc1ccc(CSC(Nc2cccc(Cl)c2C)=C(C#N)S(=O)(=O)c2ccccc2)cc1. The first-order valence-corrected chi connectivity index (χ1v) is 12.3. The zero-order chi connectivity index (χ0) is 22.4. The molecule has 31 heavy (non-hydrogen) atoms. The fourth-order valence-corrected chi connectivity index (χ4v) is 5.52. The summed E-state index contributed by atoms with van der Waals surface area (Å²) in [6, 6.07) is 23.2. The van der Waals surface area contributed by atoms with Crippen LogP contribution in [0, 0.1) is 25.2 Å². The number of halogens is 1. The fourth-order valence-electron chi connectivity index (χ4n) is 2.81. The summed E-state index contributed by atoms with van der Waals surface area (Å²) in [7, 11) is -4.00. The van der Waals surface area contributed by atoms with Crippen LogP contribution in [0.3, 0.4) is 0 Å². The molecule has 0 fully saturated rings. The first-order chi connectivity index (χ1) is 14.8. The number of allylic oxidation sites excluding steroid dienone is 1. The molecule has 0 bridgehead atoms. The second kappa shape index (κ2) is 10.1. The third-order valence-electron chi connectivity index (χ3n) is 4.65. The second-order valence-electron chi connectivity index (χ2n) is 6.90. The molecule has 0 amide bonds. The molecule has 3 rings (SSSR count). The van der Waals surface area contributed by atoms with Gasteiger partial charge in [0.2, 0.25) is 9.84 Å². The zero-order valence-electron chi connectivity index (χ0n) is 17.1. The quantitative estimate of drug-likeness (QED) is 0.402. The van der Waals surface area contributed by atoms with E-state index in [0.29, 0.717) is 16.5 Å². The van der Waals surface area contributed by atoms with E-state index in [1.165, 1.54) is 23.9 Å². The summed E-state index contributed by atoms with van der Waals surface area (Å²) in [5.74, 6) is 0.498. The summed E-state index contributed by atoms with van der Waals surface area (Å²) >= 11 is 7.51. The van der Waals surface area contributed by atoms with Gasteiger partial charge in [-0.3, -0.25) is 0 Å². The van der Waals surface area contributed by atoms with Crippen LogP contribution < -0.4 is 5.32 Å². The molecule has 0 aliphatic heterocycles. The van der Waals surface area contributed by atoms with Gasteiger partial charge in [-0.05, 0) is 49.2 Å². The van der Waals surface area contributed by atoms with Crippen LogP contribution in [0.2, 0.25) is 5.02 Å². The smallest absolute Gasteiger partial charge is 0.219 e. The van der Waals surface area contributed by atoms with Gasteiger partial charge in [-0.1, -0.05) is 65.7 Å². The Kier molecular flexibility index (Phi) is 7.45. The molecule has 158 valence electrons. The highest BCUT2D eigenvalue weighted by Crippen LogP contribution is 2.33. The third kappa shape index (κ3) is 5.50. The summed E-state index contributed by atoms with van der Waals surface area (Å²) in [4.78, 5) is -0.250. The van der Waals surface area contributed by atoms with Gasteiger partial charge in [0.15, 0.2) is 4.91 Å². The Hall–Kier alpha value is -2.72. The molecule has 0 aromatic heterocycles. The molecule has 0 atom stereocenters. The van der Waals surface area contributed by atoms with Crippen molar-refractivity contribution in [1.82, 2.24) is 0 Å². The molecule has 0 radical (unpaired) electrons. The number of sulfone groups is 1. The van der Waals surface area contributed by atoms with Crippen molar-refractivity contribution < 1.29 is 8.42 Å². The third-order valence-corrected chi connectivity index (χ3v) is 7.99. The summed E-state index contributed by atoms with van der Waals surface area (Å²) in [6.45, 7) is 3.84. The molecule has 0 heterocycles. The van der Waals surface area contributed by atoms with Crippen molar-refractivity contribution in [2.45, 2.75) is 24.5 Å². The number of rotatable bonds is 7. The molecule has 0 spiro atoms. The summed E-state index contributed by atoms with van der Waals surface area (Å²) in [6.07, 6.45) is 0. The van der Waals surface area contributed by atoms with Gasteiger partial charge in [0.1, 0.15) is 11.1 Å². The van der Waals surface area contributed by atoms with E-state index in [1.54, 1.807) is 36.4 Å². The Morgan fingerprint density at radius 3 is 2.32 bits per heavy atom. The van der Waals surface area contributed by atoms with Crippen LogP contribution in [-0.4, -0.2) is 8.42 Å².